The number of carbonyl (C=O) groups excluding carboxylic acids is 1. The van der Waals surface area contributed by atoms with E-state index in [1.807, 2.05) is 37.3 Å². The summed E-state index contributed by atoms with van der Waals surface area (Å²) in [6, 6.07) is 16.5. The zero-order valence-electron chi connectivity index (χ0n) is 18.6. The predicted octanol–water partition coefficient (Wildman–Crippen LogP) is 4.36. The molecule has 1 aromatic heterocycles. The fraction of sp³-hybridized carbons (Fsp3) is 0.385. The number of amides is 1. The molecule has 1 amide bonds. The van der Waals surface area contributed by atoms with Crippen LogP contribution in [-0.2, 0) is 11.2 Å². The Kier molecular flexibility index (Phi) is 6.52. The topological polar surface area (TPSA) is 54.5 Å². The molecule has 1 fully saturated rings. The maximum atomic E-state index is 12.9. The van der Waals surface area contributed by atoms with Crippen molar-refractivity contribution in [3.05, 3.63) is 70.9 Å². The van der Waals surface area contributed by atoms with Gasteiger partial charge >= 0.3 is 0 Å². The van der Waals surface area contributed by atoms with E-state index in [1.165, 1.54) is 18.4 Å². The van der Waals surface area contributed by atoms with E-state index in [4.69, 9.17) is 9.72 Å². The first-order chi connectivity index (χ1) is 15.1. The summed E-state index contributed by atoms with van der Waals surface area (Å²) in [6.07, 6.45) is 2.77. The molecule has 1 N–H and O–H groups in total. The van der Waals surface area contributed by atoms with Crippen LogP contribution in [0.1, 0.15) is 41.3 Å². The third-order valence-electron chi connectivity index (χ3n) is 6.40. The number of carbonyl (C=O) groups is 1. The summed E-state index contributed by atoms with van der Waals surface area (Å²) in [5, 5.41) is 4.31. The molecule has 0 spiro atoms. The molecule has 1 saturated heterocycles. The summed E-state index contributed by atoms with van der Waals surface area (Å²) in [5.41, 5.74) is 5.29. The van der Waals surface area contributed by atoms with Crippen LogP contribution in [0.5, 0.6) is 5.75 Å². The van der Waals surface area contributed by atoms with E-state index >= 15 is 0 Å². The van der Waals surface area contributed by atoms with Crippen molar-refractivity contribution in [1.29, 1.82) is 0 Å². The van der Waals surface area contributed by atoms with Gasteiger partial charge in [0.1, 0.15) is 5.75 Å². The zero-order valence-corrected chi connectivity index (χ0v) is 18.6. The van der Waals surface area contributed by atoms with Crippen molar-refractivity contribution in [3.63, 3.8) is 0 Å². The molecule has 0 radical (unpaired) electrons. The lowest BCUT2D eigenvalue weighted by molar-refractivity contribution is -0.120. The van der Waals surface area contributed by atoms with Gasteiger partial charge in [-0.2, -0.15) is 0 Å². The number of hydrogen-bond donors (Lipinski definition) is 1. The summed E-state index contributed by atoms with van der Waals surface area (Å²) < 4.78 is 5.30. The largest absolute Gasteiger partial charge is 0.497 e. The highest BCUT2D eigenvalue weighted by molar-refractivity contribution is 5.86. The van der Waals surface area contributed by atoms with E-state index in [-0.39, 0.29) is 11.9 Å². The van der Waals surface area contributed by atoms with E-state index < -0.39 is 0 Å². The Balaban J connectivity index is 1.48. The number of hydrogen-bond acceptors (Lipinski definition) is 4. The molecule has 0 bridgehead atoms. The first-order valence-corrected chi connectivity index (χ1v) is 11.1. The lowest BCUT2D eigenvalue weighted by atomic mass is 9.99. The van der Waals surface area contributed by atoms with Crippen molar-refractivity contribution in [2.75, 3.05) is 26.7 Å². The molecule has 4 rings (SSSR count). The Morgan fingerprint density at radius 1 is 1.10 bits per heavy atom. The number of para-hydroxylation sites is 1. The van der Waals surface area contributed by atoms with Gasteiger partial charge in [-0.1, -0.05) is 30.3 Å². The average molecular weight is 418 g/mol. The lowest BCUT2D eigenvalue weighted by Gasteiger charge is -2.28. The smallest absolute Gasteiger partial charge is 0.224 e. The molecular weight excluding hydrogens is 386 g/mol. The highest BCUT2D eigenvalue weighted by Crippen LogP contribution is 2.27. The van der Waals surface area contributed by atoms with Gasteiger partial charge in [0.25, 0.3) is 0 Å². The fourth-order valence-electron chi connectivity index (χ4n) is 4.60. The molecule has 5 heteroatoms. The Morgan fingerprint density at radius 3 is 2.52 bits per heavy atom. The molecule has 31 heavy (non-hydrogen) atoms. The second-order valence-corrected chi connectivity index (χ2v) is 8.33. The molecule has 0 saturated carbocycles. The van der Waals surface area contributed by atoms with Gasteiger partial charge in [0.05, 0.1) is 25.1 Å². The van der Waals surface area contributed by atoms with Gasteiger partial charge in [-0.15, -0.1) is 0 Å². The summed E-state index contributed by atoms with van der Waals surface area (Å²) in [6.45, 7) is 6.82. The Hall–Kier alpha value is -2.92. The summed E-state index contributed by atoms with van der Waals surface area (Å²) in [7, 11) is 1.68. The number of methoxy groups -OCH3 is 1. The van der Waals surface area contributed by atoms with Gasteiger partial charge in [-0.3, -0.25) is 14.7 Å². The second kappa shape index (κ2) is 9.48. The van der Waals surface area contributed by atoms with Crippen LogP contribution in [0.2, 0.25) is 0 Å². The summed E-state index contributed by atoms with van der Waals surface area (Å²) in [5.74, 6) is 0.892. The van der Waals surface area contributed by atoms with Crippen LogP contribution in [-0.4, -0.2) is 42.5 Å². The third-order valence-corrected chi connectivity index (χ3v) is 6.40. The molecule has 1 aliphatic heterocycles. The maximum absolute atomic E-state index is 12.9. The van der Waals surface area contributed by atoms with Crippen LogP contribution in [0.15, 0.2) is 48.5 Å². The van der Waals surface area contributed by atoms with Crippen LogP contribution in [0.4, 0.5) is 0 Å². The SMILES string of the molecule is COc1ccc([C@@H](CNC(=O)Cc2c(C)nc3ccccc3c2C)N2CCCC2)cc1. The Morgan fingerprint density at radius 2 is 1.81 bits per heavy atom. The van der Waals surface area contributed by atoms with Crippen molar-refractivity contribution < 1.29 is 9.53 Å². The van der Waals surface area contributed by atoms with Gasteiger partial charge in [0, 0.05) is 17.6 Å². The van der Waals surface area contributed by atoms with Crippen LogP contribution < -0.4 is 10.1 Å². The van der Waals surface area contributed by atoms with Crippen LogP contribution in [0.25, 0.3) is 10.9 Å². The molecule has 2 aromatic carbocycles. The quantitative estimate of drug-likeness (QED) is 0.621. The molecule has 1 aliphatic rings. The molecule has 0 aliphatic carbocycles. The standard InChI is InChI=1S/C26H31N3O2/c1-18-22-8-4-5-9-24(22)28-19(2)23(18)16-26(30)27-17-25(29-14-6-7-15-29)20-10-12-21(31-3)13-11-20/h4-5,8-13,25H,6-7,14-17H2,1-3H3,(H,27,30)/t25-/m1/s1. The fourth-order valence-corrected chi connectivity index (χ4v) is 4.60. The first kappa shape index (κ1) is 21.3. The van der Waals surface area contributed by atoms with Gasteiger partial charge < -0.3 is 10.1 Å². The number of aryl methyl sites for hydroxylation is 2. The van der Waals surface area contributed by atoms with Gasteiger partial charge in [0.2, 0.25) is 5.91 Å². The highest BCUT2D eigenvalue weighted by atomic mass is 16.5. The van der Waals surface area contributed by atoms with E-state index in [9.17, 15) is 4.79 Å². The molecule has 3 aromatic rings. The number of nitrogens with one attached hydrogen (secondary N) is 1. The van der Waals surface area contributed by atoms with Crippen molar-refractivity contribution in [3.8, 4) is 5.75 Å². The minimum absolute atomic E-state index is 0.0426. The molecule has 2 heterocycles. The number of likely N-dealkylation sites (tertiary alicyclic amines) is 1. The van der Waals surface area contributed by atoms with Crippen molar-refractivity contribution in [2.24, 2.45) is 0 Å². The maximum Gasteiger partial charge on any atom is 0.224 e. The van der Waals surface area contributed by atoms with E-state index in [0.717, 1.165) is 46.6 Å². The number of rotatable bonds is 7. The van der Waals surface area contributed by atoms with Crippen molar-refractivity contribution in [2.45, 2.75) is 39.2 Å². The lowest BCUT2D eigenvalue weighted by Crippen LogP contribution is -2.37. The van der Waals surface area contributed by atoms with Crippen molar-refractivity contribution >= 4 is 16.8 Å². The number of benzene rings is 2. The van der Waals surface area contributed by atoms with Crippen LogP contribution in [0, 0.1) is 13.8 Å². The predicted molar refractivity (Wildman–Crippen MR) is 124 cm³/mol. The average Bonchev–Trinajstić information content (AvgIpc) is 3.32. The first-order valence-electron chi connectivity index (χ1n) is 11.1. The van der Waals surface area contributed by atoms with E-state index in [0.29, 0.717) is 13.0 Å². The summed E-state index contributed by atoms with van der Waals surface area (Å²) >= 11 is 0. The number of nitrogens with zero attached hydrogens (tertiary/aromatic N) is 2. The van der Waals surface area contributed by atoms with E-state index in [1.54, 1.807) is 7.11 Å². The van der Waals surface area contributed by atoms with E-state index in [2.05, 4.69) is 35.3 Å². The van der Waals surface area contributed by atoms with Gasteiger partial charge in [-0.05, 0) is 74.7 Å². The van der Waals surface area contributed by atoms with Crippen LogP contribution in [0.3, 0.4) is 0 Å². The number of pyridine rings is 1. The minimum atomic E-state index is 0.0426. The number of fused-ring (bicyclic) bond motifs is 1. The zero-order chi connectivity index (χ0) is 21.8. The molecule has 1 atom stereocenters. The third kappa shape index (κ3) is 4.72. The number of ether oxygens (including phenoxy) is 1. The number of aromatic nitrogens is 1. The molecule has 5 nitrogen and oxygen atoms in total. The second-order valence-electron chi connectivity index (χ2n) is 8.33. The monoisotopic (exact) mass is 417 g/mol. The van der Waals surface area contributed by atoms with Crippen molar-refractivity contribution in [1.82, 2.24) is 15.2 Å². The Bertz CT molecular complexity index is 1060. The molecular formula is C26H31N3O2. The summed E-state index contributed by atoms with van der Waals surface area (Å²) in [4.78, 5) is 20.1. The minimum Gasteiger partial charge on any atom is -0.497 e. The van der Waals surface area contributed by atoms with Gasteiger partial charge in [-0.25, -0.2) is 0 Å². The molecule has 0 unspecified atom stereocenters. The van der Waals surface area contributed by atoms with Gasteiger partial charge in [0.15, 0.2) is 0 Å². The van der Waals surface area contributed by atoms with Crippen LogP contribution >= 0.6 is 0 Å². The normalized spacial score (nSPS) is 15.2. The molecule has 162 valence electrons. The Labute approximate surface area is 184 Å². The highest BCUT2D eigenvalue weighted by Gasteiger charge is 2.24.